The van der Waals surface area contributed by atoms with Crippen LogP contribution in [0.15, 0.2) is 21.2 Å². The number of amides is 1. The molecule has 17 heavy (non-hydrogen) atoms. The maximum atomic E-state index is 12.0. The largest absolute Gasteiger partial charge is 0.480 e. The molecule has 0 saturated heterocycles. The molecule has 0 bridgehead atoms. The van der Waals surface area contributed by atoms with Crippen molar-refractivity contribution in [3.05, 3.63) is 26.9 Å². The summed E-state index contributed by atoms with van der Waals surface area (Å²) in [4.78, 5) is 27.9. The first kappa shape index (κ1) is 14.1. The lowest BCUT2D eigenvalue weighted by Gasteiger charge is -2.21. The van der Waals surface area contributed by atoms with E-state index in [1.165, 1.54) is 20.2 Å². The highest BCUT2D eigenvalue weighted by Gasteiger charge is 2.25. The molecule has 0 fully saturated rings. The van der Waals surface area contributed by atoms with Crippen LogP contribution in [0, 0.1) is 0 Å². The van der Waals surface area contributed by atoms with Gasteiger partial charge in [0, 0.05) is 17.7 Å². The van der Waals surface area contributed by atoms with Crippen LogP contribution in [0.4, 0.5) is 0 Å². The van der Waals surface area contributed by atoms with E-state index in [1.807, 2.05) is 0 Å². The van der Waals surface area contributed by atoms with Crippen LogP contribution in [0.1, 0.15) is 17.4 Å². The van der Waals surface area contributed by atoms with Crippen LogP contribution in [0.5, 0.6) is 0 Å². The Hall–Kier alpha value is -0.950. The Balaban J connectivity index is 3.00. The molecular weight excluding hydrogens is 356 g/mol. The zero-order valence-corrected chi connectivity index (χ0v) is 12.3. The maximum Gasteiger partial charge on any atom is 0.326 e. The van der Waals surface area contributed by atoms with E-state index >= 15 is 0 Å². The second-order valence-electron chi connectivity index (χ2n) is 3.41. The third-order valence-electron chi connectivity index (χ3n) is 2.27. The summed E-state index contributed by atoms with van der Waals surface area (Å²) in [5.74, 6) is -1.51. The average molecular weight is 366 g/mol. The molecule has 0 aliphatic heterocycles. The number of hydrogen-bond donors (Lipinski definition) is 1. The number of carbonyl (C=O) groups excluding carboxylic acids is 1. The molecule has 0 aliphatic carbocycles. The summed E-state index contributed by atoms with van der Waals surface area (Å²) >= 11 is 6.44. The van der Waals surface area contributed by atoms with Crippen LogP contribution < -0.4 is 0 Å². The zero-order valence-electron chi connectivity index (χ0n) is 9.15. The average Bonchev–Trinajstić information content (AvgIpc) is 2.26. The number of aliphatic carboxylic acids is 1. The molecule has 0 aromatic carbocycles. The van der Waals surface area contributed by atoms with E-state index in [4.69, 9.17) is 5.11 Å². The summed E-state index contributed by atoms with van der Waals surface area (Å²) in [6, 6.07) is 0.777. The monoisotopic (exact) mass is 364 g/mol. The van der Waals surface area contributed by atoms with Crippen molar-refractivity contribution >= 4 is 43.7 Å². The summed E-state index contributed by atoms with van der Waals surface area (Å²) in [6.45, 7) is 1.44. The normalized spacial score (nSPS) is 12.0. The highest BCUT2D eigenvalue weighted by Crippen LogP contribution is 2.21. The van der Waals surface area contributed by atoms with Gasteiger partial charge in [0.05, 0.1) is 4.47 Å². The SMILES string of the molecule is CC(C(=O)O)N(C)C(=O)c1ncc(Br)cc1Br. The van der Waals surface area contributed by atoms with Gasteiger partial charge in [-0.2, -0.15) is 0 Å². The summed E-state index contributed by atoms with van der Waals surface area (Å²) in [6.07, 6.45) is 1.48. The van der Waals surface area contributed by atoms with E-state index in [0.717, 1.165) is 9.37 Å². The Labute approximate surface area is 115 Å². The first-order valence-corrected chi connectivity index (χ1v) is 6.24. The van der Waals surface area contributed by atoms with Gasteiger partial charge in [0.1, 0.15) is 11.7 Å². The van der Waals surface area contributed by atoms with Crippen molar-refractivity contribution < 1.29 is 14.7 Å². The molecule has 0 saturated carbocycles. The molecule has 92 valence electrons. The molecule has 1 atom stereocenters. The number of pyridine rings is 1. The van der Waals surface area contributed by atoms with E-state index in [0.29, 0.717) is 4.47 Å². The van der Waals surface area contributed by atoms with Gasteiger partial charge in [0.25, 0.3) is 5.91 Å². The fourth-order valence-corrected chi connectivity index (χ4v) is 2.24. The van der Waals surface area contributed by atoms with E-state index in [-0.39, 0.29) is 5.69 Å². The van der Waals surface area contributed by atoms with Crippen LogP contribution in [0.2, 0.25) is 0 Å². The van der Waals surface area contributed by atoms with Crippen molar-refractivity contribution in [2.75, 3.05) is 7.05 Å². The number of carboxylic acid groups (broad SMARTS) is 1. The number of rotatable bonds is 3. The Morgan fingerprint density at radius 2 is 2.06 bits per heavy atom. The van der Waals surface area contributed by atoms with Crippen molar-refractivity contribution in [3.63, 3.8) is 0 Å². The van der Waals surface area contributed by atoms with Crippen molar-refractivity contribution in [1.82, 2.24) is 9.88 Å². The molecule has 5 nitrogen and oxygen atoms in total. The quantitative estimate of drug-likeness (QED) is 0.890. The number of carbonyl (C=O) groups is 2. The summed E-state index contributed by atoms with van der Waals surface area (Å²) < 4.78 is 1.25. The smallest absolute Gasteiger partial charge is 0.326 e. The Kier molecular flexibility index (Phi) is 4.64. The fourth-order valence-electron chi connectivity index (χ4n) is 1.08. The third kappa shape index (κ3) is 3.26. The molecule has 0 radical (unpaired) electrons. The minimum atomic E-state index is -1.06. The van der Waals surface area contributed by atoms with Crippen LogP contribution >= 0.6 is 31.9 Å². The first-order valence-electron chi connectivity index (χ1n) is 4.65. The highest BCUT2D eigenvalue weighted by molar-refractivity contribution is 9.11. The van der Waals surface area contributed by atoms with Crippen LogP contribution in [0.3, 0.4) is 0 Å². The topological polar surface area (TPSA) is 70.5 Å². The lowest BCUT2D eigenvalue weighted by Crippen LogP contribution is -2.40. The molecule has 1 N–H and O–H groups in total. The molecule has 1 heterocycles. The maximum absolute atomic E-state index is 12.0. The zero-order chi connectivity index (χ0) is 13.2. The fraction of sp³-hybridized carbons (Fsp3) is 0.300. The standard InChI is InChI=1S/C10H10Br2N2O3/c1-5(10(16)17)14(2)9(15)8-7(12)3-6(11)4-13-8/h3-5H,1-2H3,(H,16,17). The van der Waals surface area contributed by atoms with Gasteiger partial charge >= 0.3 is 5.97 Å². The Morgan fingerprint density at radius 3 is 2.53 bits per heavy atom. The van der Waals surface area contributed by atoms with Gasteiger partial charge in [-0.3, -0.25) is 4.79 Å². The Morgan fingerprint density at radius 1 is 1.47 bits per heavy atom. The van der Waals surface area contributed by atoms with Gasteiger partial charge in [-0.1, -0.05) is 0 Å². The van der Waals surface area contributed by atoms with E-state index < -0.39 is 17.9 Å². The molecule has 1 aromatic heterocycles. The van der Waals surface area contributed by atoms with Gasteiger partial charge < -0.3 is 10.0 Å². The predicted octanol–water partition coefficient (Wildman–Crippen LogP) is 2.15. The number of nitrogens with zero attached hydrogens (tertiary/aromatic N) is 2. The van der Waals surface area contributed by atoms with Gasteiger partial charge in [0.2, 0.25) is 0 Å². The predicted molar refractivity (Wildman–Crippen MR) is 68.8 cm³/mol. The number of carboxylic acids is 1. The Bertz CT molecular complexity index is 465. The third-order valence-corrected chi connectivity index (χ3v) is 3.31. The van der Waals surface area contributed by atoms with Crippen LogP contribution in [-0.2, 0) is 4.79 Å². The van der Waals surface area contributed by atoms with Gasteiger partial charge in [-0.05, 0) is 44.8 Å². The van der Waals surface area contributed by atoms with Crippen molar-refractivity contribution in [2.24, 2.45) is 0 Å². The van der Waals surface area contributed by atoms with Gasteiger partial charge in [0.15, 0.2) is 0 Å². The van der Waals surface area contributed by atoms with Gasteiger partial charge in [-0.15, -0.1) is 0 Å². The van der Waals surface area contributed by atoms with E-state index in [2.05, 4.69) is 36.8 Å². The summed E-state index contributed by atoms with van der Waals surface area (Å²) in [5.41, 5.74) is 0.184. The second kappa shape index (κ2) is 5.59. The van der Waals surface area contributed by atoms with E-state index in [9.17, 15) is 9.59 Å². The molecule has 1 unspecified atom stereocenters. The number of aromatic nitrogens is 1. The summed E-state index contributed by atoms with van der Waals surface area (Å²) in [5, 5.41) is 8.83. The molecule has 0 aliphatic rings. The van der Waals surface area contributed by atoms with Crippen molar-refractivity contribution in [1.29, 1.82) is 0 Å². The molecule has 7 heteroatoms. The molecule has 1 rings (SSSR count). The van der Waals surface area contributed by atoms with Crippen LogP contribution in [0.25, 0.3) is 0 Å². The van der Waals surface area contributed by atoms with Crippen molar-refractivity contribution in [2.45, 2.75) is 13.0 Å². The van der Waals surface area contributed by atoms with Crippen LogP contribution in [-0.4, -0.2) is 40.0 Å². The van der Waals surface area contributed by atoms with Gasteiger partial charge in [-0.25, -0.2) is 9.78 Å². The minimum Gasteiger partial charge on any atom is -0.480 e. The molecular formula is C10H10Br2N2O3. The number of hydrogen-bond acceptors (Lipinski definition) is 3. The number of likely N-dealkylation sites (N-methyl/N-ethyl adjacent to an activating group) is 1. The second-order valence-corrected chi connectivity index (χ2v) is 5.18. The number of halogens is 2. The first-order chi connectivity index (χ1) is 7.84. The minimum absolute atomic E-state index is 0.184. The lowest BCUT2D eigenvalue weighted by molar-refractivity contribution is -0.141. The highest BCUT2D eigenvalue weighted by atomic mass is 79.9. The molecule has 1 aromatic rings. The summed E-state index contributed by atoms with van der Waals surface area (Å²) in [7, 11) is 1.43. The molecule has 0 spiro atoms. The van der Waals surface area contributed by atoms with Crippen molar-refractivity contribution in [3.8, 4) is 0 Å². The molecule has 1 amide bonds. The lowest BCUT2D eigenvalue weighted by atomic mass is 10.2. The van der Waals surface area contributed by atoms with E-state index in [1.54, 1.807) is 6.07 Å².